The highest BCUT2D eigenvalue weighted by molar-refractivity contribution is 5.64. The Kier molecular flexibility index (Phi) is 3.81. The molecule has 0 saturated carbocycles. The number of anilines is 1. The van der Waals surface area contributed by atoms with Crippen LogP contribution in [0.4, 0.5) is 5.69 Å². The highest BCUT2D eigenvalue weighted by Gasteiger charge is 2.18. The largest absolute Gasteiger partial charge is 0.495 e. The lowest BCUT2D eigenvalue weighted by Gasteiger charge is -2.28. The Morgan fingerprint density at radius 2 is 1.94 bits per heavy atom. The van der Waals surface area contributed by atoms with Crippen molar-refractivity contribution in [2.45, 2.75) is 33.2 Å². The Morgan fingerprint density at radius 3 is 2.44 bits per heavy atom. The minimum absolute atomic E-state index is 0.132. The smallest absolute Gasteiger partial charge is 0.142 e. The molecule has 0 saturated heterocycles. The topological polar surface area (TPSA) is 47.3 Å². The summed E-state index contributed by atoms with van der Waals surface area (Å²) >= 11 is 0. The summed E-state index contributed by atoms with van der Waals surface area (Å²) in [6.07, 6.45) is 0. The molecular weight excluding hydrogens is 200 g/mol. The van der Waals surface area contributed by atoms with Crippen molar-refractivity contribution >= 4 is 5.69 Å². The molecule has 0 spiro atoms. The van der Waals surface area contributed by atoms with Crippen molar-refractivity contribution in [3.05, 3.63) is 23.3 Å². The molecule has 0 aliphatic heterocycles. The summed E-state index contributed by atoms with van der Waals surface area (Å²) in [6.45, 7) is 8.86. The van der Waals surface area contributed by atoms with Crippen LogP contribution in [0.25, 0.3) is 0 Å². The minimum atomic E-state index is -0.132. The first kappa shape index (κ1) is 12.8. The van der Waals surface area contributed by atoms with Gasteiger partial charge in [0.05, 0.1) is 12.8 Å². The molecule has 3 nitrogen and oxygen atoms in total. The maximum atomic E-state index is 5.72. The molecule has 1 aromatic carbocycles. The number of rotatable bonds is 4. The molecule has 0 aromatic heterocycles. The fourth-order valence-electron chi connectivity index (χ4n) is 1.64. The van der Waals surface area contributed by atoms with Crippen molar-refractivity contribution in [1.29, 1.82) is 0 Å². The van der Waals surface area contributed by atoms with Gasteiger partial charge in [-0.15, -0.1) is 0 Å². The Balaban J connectivity index is 3.12. The van der Waals surface area contributed by atoms with Crippen LogP contribution >= 0.6 is 0 Å². The number of hydrogen-bond donors (Lipinski definition) is 2. The molecule has 0 heterocycles. The average molecular weight is 222 g/mol. The summed E-state index contributed by atoms with van der Waals surface area (Å²) < 4.78 is 5.39. The lowest BCUT2D eigenvalue weighted by molar-refractivity contribution is 0.414. The number of methoxy groups -OCH3 is 1. The van der Waals surface area contributed by atoms with E-state index in [2.05, 4.69) is 39.1 Å². The van der Waals surface area contributed by atoms with E-state index in [0.717, 1.165) is 11.4 Å². The van der Waals surface area contributed by atoms with Crippen LogP contribution < -0.4 is 15.8 Å². The molecule has 0 atom stereocenters. The first-order valence-electron chi connectivity index (χ1n) is 5.53. The number of nitrogens with one attached hydrogen (secondary N) is 1. The molecule has 0 aliphatic rings. The molecule has 0 radical (unpaired) electrons. The summed E-state index contributed by atoms with van der Waals surface area (Å²) in [5.74, 6) is 0.874. The fourth-order valence-corrected chi connectivity index (χ4v) is 1.64. The normalized spacial score (nSPS) is 11.4. The van der Waals surface area contributed by atoms with Gasteiger partial charge < -0.3 is 15.8 Å². The second-order valence-electron chi connectivity index (χ2n) is 4.87. The number of nitrogens with two attached hydrogens (primary N) is 1. The third-order valence-electron chi connectivity index (χ3n) is 2.64. The van der Waals surface area contributed by atoms with Gasteiger partial charge in [-0.2, -0.15) is 0 Å². The molecule has 0 fully saturated rings. The number of aryl methyl sites for hydroxylation is 2. The zero-order valence-electron chi connectivity index (χ0n) is 10.8. The van der Waals surface area contributed by atoms with E-state index >= 15 is 0 Å². The summed E-state index contributed by atoms with van der Waals surface area (Å²) in [4.78, 5) is 0. The van der Waals surface area contributed by atoms with Gasteiger partial charge >= 0.3 is 0 Å². The van der Waals surface area contributed by atoms with Crippen molar-refractivity contribution in [1.82, 2.24) is 0 Å². The highest BCUT2D eigenvalue weighted by Crippen LogP contribution is 2.31. The molecular formula is C13H22N2O. The summed E-state index contributed by atoms with van der Waals surface area (Å²) in [5.41, 5.74) is 9.00. The predicted octanol–water partition coefficient (Wildman–Crippen LogP) is 2.46. The molecule has 0 amide bonds. The molecule has 0 aliphatic carbocycles. The quantitative estimate of drug-likeness (QED) is 0.822. The van der Waals surface area contributed by atoms with Crippen molar-refractivity contribution in [3.8, 4) is 5.75 Å². The van der Waals surface area contributed by atoms with Crippen LogP contribution in [0.15, 0.2) is 12.1 Å². The first-order chi connectivity index (χ1) is 7.39. The van der Waals surface area contributed by atoms with E-state index in [1.165, 1.54) is 11.1 Å². The maximum Gasteiger partial charge on any atom is 0.142 e. The molecule has 3 heteroatoms. The van der Waals surface area contributed by atoms with E-state index in [1.807, 2.05) is 6.07 Å². The van der Waals surface area contributed by atoms with Gasteiger partial charge in [0.25, 0.3) is 0 Å². The summed E-state index contributed by atoms with van der Waals surface area (Å²) in [5, 5.41) is 3.43. The van der Waals surface area contributed by atoms with Gasteiger partial charge in [-0.1, -0.05) is 6.07 Å². The lowest BCUT2D eigenvalue weighted by atomic mass is 10.0. The number of ether oxygens (including phenoxy) is 1. The Labute approximate surface area is 98.0 Å². The van der Waals surface area contributed by atoms with Crippen LogP contribution in [0.3, 0.4) is 0 Å². The predicted molar refractivity (Wildman–Crippen MR) is 69.2 cm³/mol. The monoisotopic (exact) mass is 222 g/mol. The molecule has 90 valence electrons. The standard InChI is InChI=1S/C13H22N2O/c1-9-6-10(2)12(11(7-9)16-5)15-13(3,4)8-14/h6-7,15H,8,14H2,1-5H3. The molecule has 16 heavy (non-hydrogen) atoms. The van der Waals surface area contributed by atoms with E-state index in [1.54, 1.807) is 7.11 Å². The van der Waals surface area contributed by atoms with Crippen LogP contribution in [0.2, 0.25) is 0 Å². The summed E-state index contributed by atoms with van der Waals surface area (Å²) in [7, 11) is 1.69. The van der Waals surface area contributed by atoms with Crippen LogP contribution in [0.1, 0.15) is 25.0 Å². The average Bonchev–Trinajstić information content (AvgIpc) is 2.21. The molecule has 1 aromatic rings. The molecule has 0 bridgehead atoms. The summed E-state index contributed by atoms with van der Waals surface area (Å²) in [6, 6.07) is 4.17. The Hall–Kier alpha value is -1.22. The SMILES string of the molecule is COc1cc(C)cc(C)c1NC(C)(C)CN. The third-order valence-corrected chi connectivity index (χ3v) is 2.64. The van der Waals surface area contributed by atoms with Crippen molar-refractivity contribution in [3.63, 3.8) is 0 Å². The van der Waals surface area contributed by atoms with E-state index < -0.39 is 0 Å². The van der Waals surface area contributed by atoms with Gasteiger partial charge in [-0.05, 0) is 44.9 Å². The number of benzene rings is 1. The van der Waals surface area contributed by atoms with Gasteiger partial charge in [-0.25, -0.2) is 0 Å². The lowest BCUT2D eigenvalue weighted by Crippen LogP contribution is -2.39. The van der Waals surface area contributed by atoms with Gasteiger partial charge in [-0.3, -0.25) is 0 Å². The van der Waals surface area contributed by atoms with Gasteiger partial charge in [0.15, 0.2) is 0 Å². The van der Waals surface area contributed by atoms with E-state index in [-0.39, 0.29) is 5.54 Å². The molecule has 3 N–H and O–H groups in total. The zero-order chi connectivity index (χ0) is 12.3. The fraction of sp³-hybridized carbons (Fsp3) is 0.538. The van der Waals surface area contributed by atoms with E-state index in [0.29, 0.717) is 6.54 Å². The third kappa shape index (κ3) is 2.89. The first-order valence-corrected chi connectivity index (χ1v) is 5.53. The maximum absolute atomic E-state index is 5.72. The van der Waals surface area contributed by atoms with E-state index in [9.17, 15) is 0 Å². The van der Waals surface area contributed by atoms with Gasteiger partial charge in [0.1, 0.15) is 5.75 Å². The Bertz CT molecular complexity index is 372. The number of hydrogen-bond acceptors (Lipinski definition) is 3. The van der Waals surface area contributed by atoms with Crippen LogP contribution in [0.5, 0.6) is 5.75 Å². The van der Waals surface area contributed by atoms with Crippen LogP contribution in [-0.2, 0) is 0 Å². The molecule has 0 unspecified atom stereocenters. The second-order valence-corrected chi connectivity index (χ2v) is 4.87. The van der Waals surface area contributed by atoms with Gasteiger partial charge in [0.2, 0.25) is 0 Å². The molecule has 1 rings (SSSR count). The van der Waals surface area contributed by atoms with Gasteiger partial charge in [0, 0.05) is 12.1 Å². The Morgan fingerprint density at radius 1 is 1.31 bits per heavy atom. The van der Waals surface area contributed by atoms with Crippen LogP contribution in [0, 0.1) is 13.8 Å². The minimum Gasteiger partial charge on any atom is -0.495 e. The zero-order valence-corrected chi connectivity index (χ0v) is 10.8. The van der Waals surface area contributed by atoms with Crippen molar-refractivity contribution < 1.29 is 4.74 Å². The van der Waals surface area contributed by atoms with Crippen molar-refractivity contribution in [2.75, 3.05) is 19.0 Å². The van der Waals surface area contributed by atoms with Crippen molar-refractivity contribution in [2.24, 2.45) is 5.73 Å². The second kappa shape index (κ2) is 4.74. The highest BCUT2D eigenvalue weighted by atomic mass is 16.5. The van der Waals surface area contributed by atoms with E-state index in [4.69, 9.17) is 10.5 Å². The van der Waals surface area contributed by atoms with Crippen LogP contribution in [-0.4, -0.2) is 19.2 Å².